The van der Waals surface area contributed by atoms with Gasteiger partial charge < -0.3 is 9.53 Å². The van der Waals surface area contributed by atoms with Crippen molar-refractivity contribution in [2.45, 2.75) is 90.6 Å². The van der Waals surface area contributed by atoms with E-state index in [9.17, 15) is 9.59 Å². The molecule has 0 aromatic carbocycles. The van der Waals surface area contributed by atoms with E-state index in [0.717, 1.165) is 51.2 Å². The summed E-state index contributed by atoms with van der Waals surface area (Å²) < 4.78 is 5.33. The van der Waals surface area contributed by atoms with E-state index in [1.54, 1.807) is 0 Å². The highest BCUT2D eigenvalue weighted by Crippen LogP contribution is 2.15. The number of aldehydes is 1. The van der Waals surface area contributed by atoms with Gasteiger partial charge in [-0.05, 0) is 25.7 Å². The highest BCUT2D eigenvalue weighted by molar-refractivity contribution is 5.66. The topological polar surface area (TPSA) is 43.4 Å². The van der Waals surface area contributed by atoms with Crippen LogP contribution in [0.15, 0.2) is 0 Å². The minimum absolute atomic E-state index is 0.118. The van der Waals surface area contributed by atoms with Gasteiger partial charge in [-0.15, -0.1) is 0 Å². The molecule has 0 saturated heterocycles. The van der Waals surface area contributed by atoms with Crippen molar-refractivity contribution in [3.05, 3.63) is 0 Å². The average Bonchev–Trinajstić information content (AvgIpc) is 2.38. The Hall–Kier alpha value is -0.860. The van der Waals surface area contributed by atoms with Gasteiger partial charge in [-0.3, -0.25) is 4.79 Å². The van der Waals surface area contributed by atoms with Gasteiger partial charge in [0.1, 0.15) is 12.4 Å². The number of ether oxygens (including phenoxy) is 1. The fraction of sp³-hybridized carbons (Fsp3) is 0.875. The lowest BCUT2D eigenvalue weighted by Crippen LogP contribution is -2.16. The lowest BCUT2D eigenvalue weighted by molar-refractivity contribution is -0.147. The lowest BCUT2D eigenvalue weighted by Gasteiger charge is -2.16. The van der Waals surface area contributed by atoms with E-state index in [1.807, 2.05) is 0 Å². The first-order chi connectivity index (χ1) is 9.20. The smallest absolute Gasteiger partial charge is 0.302 e. The third-order valence-corrected chi connectivity index (χ3v) is 3.31. The quantitative estimate of drug-likeness (QED) is 0.282. The van der Waals surface area contributed by atoms with Crippen LogP contribution < -0.4 is 0 Å². The van der Waals surface area contributed by atoms with E-state index in [4.69, 9.17) is 4.74 Å². The minimum Gasteiger partial charge on any atom is -0.463 e. The van der Waals surface area contributed by atoms with Crippen LogP contribution in [0.1, 0.15) is 84.5 Å². The molecule has 0 aliphatic rings. The van der Waals surface area contributed by atoms with Gasteiger partial charge in [-0.2, -0.15) is 0 Å². The number of hydrogen-bond acceptors (Lipinski definition) is 3. The Morgan fingerprint density at radius 2 is 1.58 bits per heavy atom. The molecule has 0 aliphatic carbocycles. The Morgan fingerprint density at radius 3 is 2.16 bits per heavy atom. The van der Waals surface area contributed by atoms with E-state index in [1.165, 1.54) is 26.2 Å². The zero-order chi connectivity index (χ0) is 14.3. The van der Waals surface area contributed by atoms with Gasteiger partial charge in [-0.1, -0.05) is 45.4 Å². The summed E-state index contributed by atoms with van der Waals surface area (Å²) in [5.74, 6) is -0.157. The summed E-state index contributed by atoms with van der Waals surface area (Å²) in [5.41, 5.74) is 0. The standard InChI is InChI=1S/C16H30O3/c1-3-4-12-16(19-15(2)18)13-10-8-6-5-7-9-11-14-17/h14,16H,3-13H2,1-2H3/t16-/m0/s1. The number of carbonyl (C=O) groups is 2. The van der Waals surface area contributed by atoms with Crippen LogP contribution in [0.25, 0.3) is 0 Å². The Kier molecular flexibility index (Phi) is 13.0. The van der Waals surface area contributed by atoms with E-state index >= 15 is 0 Å². The average molecular weight is 270 g/mol. The van der Waals surface area contributed by atoms with E-state index in [2.05, 4.69) is 6.92 Å². The molecule has 1 atom stereocenters. The molecular formula is C16H30O3. The van der Waals surface area contributed by atoms with Gasteiger partial charge in [0.2, 0.25) is 0 Å². The number of unbranched alkanes of at least 4 members (excludes halogenated alkanes) is 7. The predicted molar refractivity (Wildman–Crippen MR) is 78.1 cm³/mol. The number of esters is 1. The summed E-state index contributed by atoms with van der Waals surface area (Å²) in [6.07, 6.45) is 13.0. The maximum Gasteiger partial charge on any atom is 0.302 e. The fourth-order valence-electron chi connectivity index (χ4n) is 2.24. The molecule has 0 aliphatic heterocycles. The van der Waals surface area contributed by atoms with Crippen LogP contribution in [0, 0.1) is 0 Å². The molecule has 3 nitrogen and oxygen atoms in total. The molecule has 0 radical (unpaired) electrons. The normalized spacial score (nSPS) is 12.1. The van der Waals surface area contributed by atoms with E-state index in [-0.39, 0.29) is 12.1 Å². The van der Waals surface area contributed by atoms with Crippen molar-refractivity contribution in [1.82, 2.24) is 0 Å². The number of rotatable bonds is 13. The molecule has 0 spiro atoms. The van der Waals surface area contributed by atoms with Gasteiger partial charge in [0, 0.05) is 13.3 Å². The van der Waals surface area contributed by atoms with Gasteiger partial charge in [0.15, 0.2) is 0 Å². The van der Waals surface area contributed by atoms with Gasteiger partial charge >= 0.3 is 5.97 Å². The predicted octanol–water partition coefficient (Wildman–Crippen LogP) is 4.43. The van der Waals surface area contributed by atoms with Crippen LogP contribution in [0.2, 0.25) is 0 Å². The van der Waals surface area contributed by atoms with Crippen LogP contribution >= 0.6 is 0 Å². The van der Waals surface area contributed by atoms with Crippen molar-refractivity contribution in [1.29, 1.82) is 0 Å². The van der Waals surface area contributed by atoms with Crippen LogP contribution in [0.5, 0.6) is 0 Å². The van der Waals surface area contributed by atoms with Crippen molar-refractivity contribution >= 4 is 12.3 Å². The largest absolute Gasteiger partial charge is 0.463 e. The highest BCUT2D eigenvalue weighted by atomic mass is 16.5. The first-order valence-electron chi connectivity index (χ1n) is 7.81. The van der Waals surface area contributed by atoms with Crippen molar-refractivity contribution in [2.24, 2.45) is 0 Å². The number of carbonyl (C=O) groups excluding carboxylic acids is 2. The molecule has 0 aromatic rings. The number of hydrogen-bond donors (Lipinski definition) is 0. The third-order valence-electron chi connectivity index (χ3n) is 3.31. The monoisotopic (exact) mass is 270 g/mol. The van der Waals surface area contributed by atoms with Crippen LogP contribution in [-0.2, 0) is 14.3 Å². The zero-order valence-corrected chi connectivity index (χ0v) is 12.7. The summed E-state index contributed by atoms with van der Waals surface area (Å²) in [5, 5.41) is 0. The molecule has 0 unspecified atom stereocenters. The van der Waals surface area contributed by atoms with Gasteiger partial charge in [-0.25, -0.2) is 0 Å². The van der Waals surface area contributed by atoms with Crippen molar-refractivity contribution < 1.29 is 14.3 Å². The molecule has 0 rings (SSSR count). The van der Waals surface area contributed by atoms with Crippen LogP contribution in [0.4, 0.5) is 0 Å². The van der Waals surface area contributed by atoms with E-state index in [0.29, 0.717) is 6.42 Å². The molecule has 0 saturated carbocycles. The Balaban J connectivity index is 3.51. The lowest BCUT2D eigenvalue weighted by atomic mass is 10.0. The van der Waals surface area contributed by atoms with Crippen LogP contribution in [0.3, 0.4) is 0 Å². The second-order valence-corrected chi connectivity index (χ2v) is 5.24. The SMILES string of the molecule is CCCC[C@@H](CCCCCCCCC=O)OC(C)=O. The first kappa shape index (κ1) is 18.1. The van der Waals surface area contributed by atoms with Crippen LogP contribution in [-0.4, -0.2) is 18.4 Å². The summed E-state index contributed by atoms with van der Waals surface area (Å²) in [4.78, 5) is 21.2. The molecule has 0 amide bonds. The Labute approximate surface area is 118 Å². The second kappa shape index (κ2) is 13.6. The molecule has 0 heterocycles. The maximum atomic E-state index is 11.0. The molecule has 3 heteroatoms. The van der Waals surface area contributed by atoms with Gasteiger partial charge in [0.05, 0.1) is 0 Å². The van der Waals surface area contributed by atoms with Crippen molar-refractivity contribution in [2.75, 3.05) is 0 Å². The molecule has 19 heavy (non-hydrogen) atoms. The van der Waals surface area contributed by atoms with Crippen molar-refractivity contribution in [3.63, 3.8) is 0 Å². The molecule has 0 aromatic heterocycles. The third kappa shape index (κ3) is 13.4. The molecule has 0 bridgehead atoms. The zero-order valence-electron chi connectivity index (χ0n) is 12.7. The summed E-state index contributed by atoms with van der Waals surface area (Å²) in [6.45, 7) is 3.65. The summed E-state index contributed by atoms with van der Waals surface area (Å²) in [6, 6.07) is 0. The maximum absolute atomic E-state index is 11.0. The Morgan fingerprint density at radius 1 is 1.00 bits per heavy atom. The van der Waals surface area contributed by atoms with Gasteiger partial charge in [0.25, 0.3) is 0 Å². The van der Waals surface area contributed by atoms with Crippen molar-refractivity contribution in [3.8, 4) is 0 Å². The molecular weight excluding hydrogens is 240 g/mol. The summed E-state index contributed by atoms with van der Waals surface area (Å²) >= 11 is 0. The Bertz CT molecular complexity index is 226. The molecule has 0 fully saturated rings. The molecule has 0 N–H and O–H groups in total. The molecule has 112 valence electrons. The second-order valence-electron chi connectivity index (χ2n) is 5.24. The van der Waals surface area contributed by atoms with E-state index < -0.39 is 0 Å². The minimum atomic E-state index is -0.157. The first-order valence-corrected chi connectivity index (χ1v) is 7.81. The summed E-state index contributed by atoms with van der Waals surface area (Å²) in [7, 11) is 0. The fourth-order valence-corrected chi connectivity index (χ4v) is 2.24. The highest BCUT2D eigenvalue weighted by Gasteiger charge is 2.10.